The van der Waals surface area contributed by atoms with E-state index in [4.69, 9.17) is 4.98 Å². The first kappa shape index (κ1) is 27.8. The molecule has 1 fully saturated rings. The molecule has 0 N–H and O–H groups in total. The molecular weight excluding hydrogens is 496 g/mol. The Labute approximate surface area is 228 Å². The van der Waals surface area contributed by atoms with Crippen LogP contribution in [0.2, 0.25) is 0 Å². The predicted octanol–water partition coefficient (Wildman–Crippen LogP) is 8.24. The first-order valence-corrected chi connectivity index (χ1v) is 16.0. The van der Waals surface area contributed by atoms with Crippen molar-refractivity contribution in [3.63, 3.8) is 0 Å². The Hall–Kier alpha value is -2.18. The Kier molecular flexibility index (Phi) is 8.20. The highest BCUT2D eigenvalue weighted by Crippen LogP contribution is 2.39. The van der Waals surface area contributed by atoms with Crippen LogP contribution in [0.25, 0.3) is 11.3 Å². The number of sulfone groups is 1. The molecule has 0 atom stereocenters. The number of aryl methyl sites for hydroxylation is 2. The molecule has 37 heavy (non-hydrogen) atoms. The quantitative estimate of drug-likeness (QED) is 0.304. The van der Waals surface area contributed by atoms with Crippen molar-refractivity contribution in [2.45, 2.75) is 96.1 Å². The summed E-state index contributed by atoms with van der Waals surface area (Å²) in [5.74, 6) is 0.668. The lowest BCUT2D eigenvalue weighted by molar-refractivity contribution is 0.526. The Morgan fingerprint density at radius 3 is 1.92 bits per heavy atom. The molecule has 2 aromatic carbocycles. The molecule has 0 bridgehead atoms. The third kappa shape index (κ3) is 5.51. The minimum atomic E-state index is -3.45. The van der Waals surface area contributed by atoms with E-state index in [1.165, 1.54) is 22.3 Å². The summed E-state index contributed by atoms with van der Waals surface area (Å²) in [6, 6.07) is 10.6. The molecule has 2 heterocycles. The number of hydrogen-bond donors (Lipinski definition) is 0. The third-order valence-electron chi connectivity index (χ3n) is 7.74. The minimum Gasteiger partial charge on any atom is -0.348 e. The van der Waals surface area contributed by atoms with Crippen molar-refractivity contribution in [3.8, 4) is 11.3 Å². The van der Waals surface area contributed by atoms with Gasteiger partial charge in [0.1, 0.15) is 0 Å². The molecule has 0 saturated carbocycles. The van der Waals surface area contributed by atoms with Crippen molar-refractivity contribution in [3.05, 3.63) is 63.5 Å². The maximum Gasteiger partial charge on any atom is 0.185 e. The highest BCUT2D eigenvalue weighted by atomic mass is 32.2. The Balaban J connectivity index is 1.60. The van der Waals surface area contributed by atoms with Gasteiger partial charge in [-0.05, 0) is 72.3 Å². The standard InChI is InChI=1S/C31H42N2O2S2/c1-19(2)24-16-26(20(3)4)30(27(17-24)21(5)6)37(34,35)25-12-14-33(15-13-25)31-32-28(18-36-31)29-22(7)10-9-11-23(29)8/h9-11,16-21,25H,12-15H2,1-8H3. The van der Waals surface area contributed by atoms with Crippen LogP contribution in [0, 0.1) is 13.8 Å². The second kappa shape index (κ2) is 10.9. The van der Waals surface area contributed by atoms with Crippen LogP contribution in [0.5, 0.6) is 0 Å². The normalized spacial score (nSPS) is 15.4. The smallest absolute Gasteiger partial charge is 0.185 e. The van der Waals surface area contributed by atoms with E-state index in [-0.39, 0.29) is 17.1 Å². The van der Waals surface area contributed by atoms with Gasteiger partial charge in [-0.2, -0.15) is 0 Å². The van der Waals surface area contributed by atoms with Crippen LogP contribution in [0.1, 0.15) is 100.0 Å². The molecular formula is C31H42N2O2S2. The zero-order valence-corrected chi connectivity index (χ0v) is 25.3. The lowest BCUT2D eigenvalue weighted by Crippen LogP contribution is -2.39. The Bertz CT molecular complexity index is 1310. The maximum atomic E-state index is 14.2. The summed E-state index contributed by atoms with van der Waals surface area (Å²) in [6.45, 7) is 18.5. The second-order valence-corrected chi connectivity index (χ2v) is 14.5. The molecule has 6 heteroatoms. The first-order chi connectivity index (χ1) is 17.4. The first-order valence-electron chi connectivity index (χ1n) is 13.6. The molecule has 4 nitrogen and oxygen atoms in total. The number of rotatable bonds is 7. The van der Waals surface area contributed by atoms with Gasteiger partial charge in [-0.1, -0.05) is 71.9 Å². The van der Waals surface area contributed by atoms with Crippen molar-refractivity contribution < 1.29 is 8.42 Å². The largest absolute Gasteiger partial charge is 0.348 e. The molecule has 4 rings (SSSR count). The van der Waals surface area contributed by atoms with Gasteiger partial charge in [0, 0.05) is 24.0 Å². The van der Waals surface area contributed by atoms with E-state index in [2.05, 4.69) is 96.0 Å². The molecule has 200 valence electrons. The summed E-state index contributed by atoms with van der Waals surface area (Å²) in [5.41, 5.74) is 7.86. The van der Waals surface area contributed by atoms with Crippen LogP contribution in [0.15, 0.2) is 40.6 Å². The average Bonchev–Trinajstić information content (AvgIpc) is 3.32. The van der Waals surface area contributed by atoms with Gasteiger partial charge in [0.15, 0.2) is 15.0 Å². The molecule has 0 radical (unpaired) electrons. The Morgan fingerprint density at radius 1 is 0.892 bits per heavy atom. The van der Waals surface area contributed by atoms with E-state index in [0.29, 0.717) is 36.7 Å². The molecule has 1 aliphatic rings. The van der Waals surface area contributed by atoms with Gasteiger partial charge in [-0.25, -0.2) is 13.4 Å². The number of nitrogens with zero attached hydrogens (tertiary/aromatic N) is 2. The number of piperidine rings is 1. The van der Waals surface area contributed by atoms with E-state index in [9.17, 15) is 8.42 Å². The van der Waals surface area contributed by atoms with Crippen LogP contribution < -0.4 is 4.90 Å². The zero-order chi connectivity index (χ0) is 27.1. The molecule has 0 aliphatic carbocycles. The number of benzene rings is 2. The van der Waals surface area contributed by atoms with E-state index in [0.717, 1.165) is 22.0 Å². The molecule has 3 aromatic rings. The summed E-state index contributed by atoms with van der Waals surface area (Å²) in [7, 11) is -3.45. The molecule has 1 aromatic heterocycles. The van der Waals surface area contributed by atoms with Gasteiger partial charge in [0.2, 0.25) is 0 Å². The summed E-state index contributed by atoms with van der Waals surface area (Å²) >= 11 is 1.66. The molecule has 0 spiro atoms. The van der Waals surface area contributed by atoms with Crippen LogP contribution in [0.3, 0.4) is 0 Å². The number of thiazole rings is 1. The number of hydrogen-bond acceptors (Lipinski definition) is 5. The molecule has 0 amide bonds. The average molecular weight is 539 g/mol. The van der Waals surface area contributed by atoms with Crippen molar-refractivity contribution in [2.75, 3.05) is 18.0 Å². The summed E-state index contributed by atoms with van der Waals surface area (Å²) < 4.78 is 28.4. The van der Waals surface area contributed by atoms with Crippen molar-refractivity contribution >= 4 is 26.3 Å². The molecule has 1 aliphatic heterocycles. The van der Waals surface area contributed by atoms with Crippen LogP contribution in [-0.2, 0) is 9.84 Å². The third-order valence-corrected chi connectivity index (χ3v) is 11.0. The summed E-state index contributed by atoms with van der Waals surface area (Å²) in [4.78, 5) is 7.84. The highest BCUT2D eigenvalue weighted by molar-refractivity contribution is 7.92. The van der Waals surface area contributed by atoms with Crippen LogP contribution >= 0.6 is 11.3 Å². The summed E-state index contributed by atoms with van der Waals surface area (Å²) in [5, 5.41) is 2.76. The van der Waals surface area contributed by atoms with Crippen LogP contribution in [0.4, 0.5) is 5.13 Å². The lowest BCUT2D eigenvalue weighted by atomic mass is 9.89. The zero-order valence-electron chi connectivity index (χ0n) is 23.6. The van der Waals surface area contributed by atoms with Crippen molar-refractivity contribution in [1.29, 1.82) is 0 Å². The number of anilines is 1. The van der Waals surface area contributed by atoms with Gasteiger partial charge in [0.25, 0.3) is 0 Å². The fraction of sp³-hybridized carbons (Fsp3) is 0.516. The highest BCUT2D eigenvalue weighted by Gasteiger charge is 2.36. The van der Waals surface area contributed by atoms with Crippen LogP contribution in [-0.4, -0.2) is 31.7 Å². The topological polar surface area (TPSA) is 50.3 Å². The fourth-order valence-corrected chi connectivity index (χ4v) is 8.77. The minimum absolute atomic E-state index is 0.153. The molecule has 1 saturated heterocycles. The second-order valence-electron chi connectivity index (χ2n) is 11.5. The van der Waals surface area contributed by atoms with Gasteiger partial charge >= 0.3 is 0 Å². The van der Waals surface area contributed by atoms with E-state index < -0.39 is 9.84 Å². The van der Waals surface area contributed by atoms with Gasteiger partial charge in [0.05, 0.1) is 15.8 Å². The van der Waals surface area contributed by atoms with E-state index in [1.54, 1.807) is 11.3 Å². The van der Waals surface area contributed by atoms with Gasteiger partial charge in [-0.3, -0.25) is 0 Å². The monoisotopic (exact) mass is 538 g/mol. The van der Waals surface area contributed by atoms with E-state index >= 15 is 0 Å². The van der Waals surface area contributed by atoms with Gasteiger partial charge < -0.3 is 4.90 Å². The lowest BCUT2D eigenvalue weighted by Gasteiger charge is -2.33. The SMILES string of the molecule is Cc1cccc(C)c1-c1csc(N2CCC(S(=O)(=O)c3c(C(C)C)cc(C(C)C)cc3C(C)C)CC2)n1. The maximum absolute atomic E-state index is 14.2. The van der Waals surface area contributed by atoms with E-state index in [1.807, 2.05) is 0 Å². The molecule has 0 unspecified atom stereocenters. The number of aromatic nitrogens is 1. The van der Waals surface area contributed by atoms with Crippen molar-refractivity contribution in [1.82, 2.24) is 4.98 Å². The Morgan fingerprint density at radius 2 is 1.43 bits per heavy atom. The fourth-order valence-electron chi connectivity index (χ4n) is 5.48. The predicted molar refractivity (Wildman–Crippen MR) is 158 cm³/mol. The summed E-state index contributed by atoms with van der Waals surface area (Å²) in [6.07, 6.45) is 1.25. The van der Waals surface area contributed by atoms with Gasteiger partial charge in [-0.15, -0.1) is 11.3 Å². The van der Waals surface area contributed by atoms with Crippen molar-refractivity contribution in [2.24, 2.45) is 0 Å².